The summed E-state index contributed by atoms with van der Waals surface area (Å²) < 4.78 is 4.96. The fraction of sp³-hybridized carbons (Fsp3) is 0.929. The highest BCUT2D eigenvalue weighted by Gasteiger charge is 2.34. The minimum absolute atomic E-state index is 0.204. The molecule has 1 rings (SSSR count). The first-order chi connectivity index (χ1) is 8.06. The van der Waals surface area contributed by atoms with Crippen molar-refractivity contribution in [3.8, 4) is 0 Å². The minimum Gasteiger partial charge on any atom is -0.383 e. The Bertz CT molecular complexity index is 240. The van der Waals surface area contributed by atoms with Crippen LogP contribution < -0.4 is 5.32 Å². The summed E-state index contributed by atoms with van der Waals surface area (Å²) in [6, 6.07) is 0. The van der Waals surface area contributed by atoms with E-state index in [2.05, 4.69) is 26.1 Å². The Morgan fingerprint density at radius 3 is 2.71 bits per heavy atom. The second kappa shape index (κ2) is 7.00. The van der Waals surface area contributed by atoms with Crippen molar-refractivity contribution >= 4 is 5.91 Å². The van der Waals surface area contributed by atoms with Gasteiger partial charge in [-0.25, -0.2) is 0 Å². The maximum atomic E-state index is 12.2. The SMILES string of the molecule is COCCNC(=O)C1CC(C)CCC1C(C)C. The lowest BCUT2D eigenvalue weighted by molar-refractivity contribution is -0.129. The third kappa shape index (κ3) is 4.30. The average molecular weight is 241 g/mol. The number of carbonyl (C=O) groups is 1. The Balaban J connectivity index is 2.53. The van der Waals surface area contributed by atoms with Crippen LogP contribution in [0.25, 0.3) is 0 Å². The highest BCUT2D eigenvalue weighted by molar-refractivity contribution is 5.79. The van der Waals surface area contributed by atoms with Crippen molar-refractivity contribution in [2.24, 2.45) is 23.7 Å². The Hall–Kier alpha value is -0.570. The maximum Gasteiger partial charge on any atom is 0.223 e. The number of amides is 1. The Morgan fingerprint density at radius 1 is 1.41 bits per heavy atom. The van der Waals surface area contributed by atoms with E-state index in [1.807, 2.05) is 0 Å². The monoisotopic (exact) mass is 241 g/mol. The number of hydrogen-bond donors (Lipinski definition) is 1. The van der Waals surface area contributed by atoms with Crippen molar-refractivity contribution < 1.29 is 9.53 Å². The van der Waals surface area contributed by atoms with Crippen LogP contribution in [0, 0.1) is 23.7 Å². The van der Waals surface area contributed by atoms with E-state index in [0.717, 1.165) is 6.42 Å². The van der Waals surface area contributed by atoms with Crippen LogP contribution in [0.3, 0.4) is 0 Å². The predicted molar refractivity (Wildman–Crippen MR) is 69.7 cm³/mol. The number of methoxy groups -OCH3 is 1. The van der Waals surface area contributed by atoms with Crippen molar-refractivity contribution in [3.05, 3.63) is 0 Å². The average Bonchev–Trinajstić information content (AvgIpc) is 2.28. The molecular formula is C14H27NO2. The molecule has 1 aliphatic carbocycles. The molecule has 0 aromatic carbocycles. The highest BCUT2D eigenvalue weighted by Crippen LogP contribution is 2.37. The molecule has 0 aliphatic heterocycles. The standard InChI is InChI=1S/C14H27NO2/c1-10(2)12-6-5-11(3)9-13(12)14(16)15-7-8-17-4/h10-13H,5-9H2,1-4H3,(H,15,16). The molecule has 1 fully saturated rings. The summed E-state index contributed by atoms with van der Waals surface area (Å²) in [5, 5.41) is 2.99. The summed E-state index contributed by atoms with van der Waals surface area (Å²) in [5.74, 6) is 2.26. The summed E-state index contributed by atoms with van der Waals surface area (Å²) >= 11 is 0. The van der Waals surface area contributed by atoms with Gasteiger partial charge < -0.3 is 10.1 Å². The van der Waals surface area contributed by atoms with Crippen molar-refractivity contribution in [3.63, 3.8) is 0 Å². The lowest BCUT2D eigenvalue weighted by atomic mass is 9.70. The van der Waals surface area contributed by atoms with Crippen LogP contribution in [0.2, 0.25) is 0 Å². The molecule has 1 amide bonds. The van der Waals surface area contributed by atoms with Gasteiger partial charge in [-0.1, -0.05) is 27.2 Å². The zero-order valence-corrected chi connectivity index (χ0v) is 11.7. The third-order valence-electron chi connectivity index (χ3n) is 3.96. The first-order valence-corrected chi connectivity index (χ1v) is 6.82. The van der Waals surface area contributed by atoms with Crippen LogP contribution in [-0.4, -0.2) is 26.2 Å². The van der Waals surface area contributed by atoms with Crippen LogP contribution >= 0.6 is 0 Å². The molecule has 0 saturated heterocycles. The Morgan fingerprint density at radius 2 is 2.12 bits per heavy atom. The van der Waals surface area contributed by atoms with Gasteiger partial charge in [0.1, 0.15) is 0 Å². The number of carbonyl (C=O) groups excluding carboxylic acids is 1. The molecule has 17 heavy (non-hydrogen) atoms. The van der Waals surface area contributed by atoms with Gasteiger partial charge in [0.15, 0.2) is 0 Å². The van der Waals surface area contributed by atoms with Crippen molar-refractivity contribution in [1.82, 2.24) is 5.32 Å². The van der Waals surface area contributed by atoms with E-state index < -0.39 is 0 Å². The molecule has 3 unspecified atom stereocenters. The van der Waals surface area contributed by atoms with Crippen LogP contribution in [0.1, 0.15) is 40.0 Å². The summed E-state index contributed by atoms with van der Waals surface area (Å²) in [4.78, 5) is 12.2. The van der Waals surface area contributed by atoms with E-state index >= 15 is 0 Å². The molecule has 1 N–H and O–H groups in total. The molecular weight excluding hydrogens is 214 g/mol. The first kappa shape index (κ1) is 14.5. The topological polar surface area (TPSA) is 38.3 Å². The van der Waals surface area contributed by atoms with E-state index in [0.29, 0.717) is 30.9 Å². The number of nitrogens with one attached hydrogen (secondary N) is 1. The summed E-state index contributed by atoms with van der Waals surface area (Å²) in [5.41, 5.74) is 0. The van der Waals surface area contributed by atoms with Crippen LogP contribution in [0.4, 0.5) is 0 Å². The lowest BCUT2D eigenvalue weighted by Crippen LogP contribution is -2.41. The molecule has 0 spiro atoms. The lowest BCUT2D eigenvalue weighted by Gasteiger charge is -2.36. The van der Waals surface area contributed by atoms with Crippen LogP contribution in [-0.2, 0) is 9.53 Å². The molecule has 1 saturated carbocycles. The van der Waals surface area contributed by atoms with Gasteiger partial charge in [0, 0.05) is 19.6 Å². The van der Waals surface area contributed by atoms with Crippen molar-refractivity contribution in [2.75, 3.05) is 20.3 Å². The molecule has 3 heteroatoms. The normalized spacial score (nSPS) is 29.4. The van der Waals surface area contributed by atoms with Crippen LogP contribution in [0.5, 0.6) is 0 Å². The number of rotatable bonds is 5. The molecule has 0 heterocycles. The Kier molecular flexibility index (Phi) is 5.96. The first-order valence-electron chi connectivity index (χ1n) is 6.82. The zero-order valence-electron chi connectivity index (χ0n) is 11.7. The zero-order chi connectivity index (χ0) is 12.8. The number of ether oxygens (including phenoxy) is 1. The summed E-state index contributed by atoms with van der Waals surface area (Å²) in [7, 11) is 1.66. The van der Waals surface area contributed by atoms with Gasteiger partial charge in [0.05, 0.1) is 6.61 Å². The van der Waals surface area contributed by atoms with E-state index in [4.69, 9.17) is 4.74 Å². The van der Waals surface area contributed by atoms with Crippen molar-refractivity contribution in [1.29, 1.82) is 0 Å². The van der Waals surface area contributed by atoms with Crippen LogP contribution in [0.15, 0.2) is 0 Å². The third-order valence-corrected chi connectivity index (χ3v) is 3.96. The molecule has 0 bridgehead atoms. The van der Waals surface area contributed by atoms with E-state index in [1.54, 1.807) is 7.11 Å². The Labute approximate surface area is 105 Å². The van der Waals surface area contributed by atoms with E-state index in [-0.39, 0.29) is 11.8 Å². The largest absolute Gasteiger partial charge is 0.383 e. The van der Waals surface area contributed by atoms with Gasteiger partial charge >= 0.3 is 0 Å². The summed E-state index contributed by atoms with van der Waals surface area (Å²) in [6.07, 6.45) is 3.51. The second-order valence-corrected chi connectivity index (χ2v) is 5.72. The second-order valence-electron chi connectivity index (χ2n) is 5.72. The van der Waals surface area contributed by atoms with E-state index in [1.165, 1.54) is 12.8 Å². The van der Waals surface area contributed by atoms with Crippen molar-refractivity contribution in [2.45, 2.75) is 40.0 Å². The van der Waals surface area contributed by atoms with Gasteiger partial charge in [-0.2, -0.15) is 0 Å². The number of hydrogen-bond acceptors (Lipinski definition) is 2. The van der Waals surface area contributed by atoms with Gasteiger partial charge in [-0.15, -0.1) is 0 Å². The van der Waals surface area contributed by atoms with E-state index in [9.17, 15) is 4.79 Å². The fourth-order valence-electron chi connectivity index (χ4n) is 2.91. The molecule has 0 radical (unpaired) electrons. The smallest absolute Gasteiger partial charge is 0.223 e. The van der Waals surface area contributed by atoms with Gasteiger partial charge in [0.25, 0.3) is 0 Å². The van der Waals surface area contributed by atoms with Gasteiger partial charge in [0.2, 0.25) is 5.91 Å². The molecule has 100 valence electrons. The molecule has 0 aromatic rings. The van der Waals surface area contributed by atoms with Gasteiger partial charge in [-0.05, 0) is 30.6 Å². The summed E-state index contributed by atoms with van der Waals surface area (Å²) in [6.45, 7) is 7.95. The molecule has 3 atom stereocenters. The molecule has 3 nitrogen and oxygen atoms in total. The fourth-order valence-corrected chi connectivity index (χ4v) is 2.91. The predicted octanol–water partition coefficient (Wildman–Crippen LogP) is 2.46. The molecule has 0 aromatic heterocycles. The highest BCUT2D eigenvalue weighted by atomic mass is 16.5. The quantitative estimate of drug-likeness (QED) is 0.751. The minimum atomic E-state index is 0.204. The van der Waals surface area contributed by atoms with Gasteiger partial charge in [-0.3, -0.25) is 4.79 Å². The maximum absolute atomic E-state index is 12.2. The molecule has 1 aliphatic rings.